The minimum absolute atomic E-state index is 0. The summed E-state index contributed by atoms with van der Waals surface area (Å²) < 4.78 is 2.04. The number of aryl methyl sites for hydroxylation is 1. The summed E-state index contributed by atoms with van der Waals surface area (Å²) in [6.45, 7) is 4.08. The zero-order valence-electron chi connectivity index (χ0n) is 15.7. The highest BCUT2D eigenvalue weighted by Gasteiger charge is 2.31. The molecule has 2 aromatic rings. The predicted octanol–water partition coefficient (Wildman–Crippen LogP) is 1.69. The summed E-state index contributed by atoms with van der Waals surface area (Å²) in [4.78, 5) is 33.1. The summed E-state index contributed by atoms with van der Waals surface area (Å²) in [5.41, 5.74) is 2.01. The van der Waals surface area contributed by atoms with Crippen molar-refractivity contribution in [1.82, 2.24) is 24.7 Å². The van der Waals surface area contributed by atoms with E-state index < -0.39 is 0 Å². The predicted molar refractivity (Wildman–Crippen MR) is 113 cm³/mol. The third kappa shape index (κ3) is 4.77. The fourth-order valence-electron chi connectivity index (χ4n) is 4.01. The van der Waals surface area contributed by atoms with Gasteiger partial charge in [0.25, 0.3) is 0 Å². The number of carbonyl (C=O) groups excluding carboxylic acids is 2. The third-order valence-corrected chi connectivity index (χ3v) is 5.41. The third-order valence-electron chi connectivity index (χ3n) is 5.41. The number of aromatic nitrogens is 2. The molecule has 2 saturated heterocycles. The second kappa shape index (κ2) is 10.1. The van der Waals surface area contributed by atoms with Gasteiger partial charge in [-0.15, -0.1) is 24.8 Å². The van der Waals surface area contributed by atoms with E-state index >= 15 is 0 Å². The van der Waals surface area contributed by atoms with E-state index in [0.717, 1.165) is 43.5 Å². The average molecular weight is 428 g/mol. The van der Waals surface area contributed by atoms with Gasteiger partial charge in [0.05, 0.1) is 23.9 Å². The standard InChI is InChI=1S/C19H25N5O2.2ClH/c25-18(7-10-23-14-21-16-5-1-2-6-17(16)23)22-9-3-4-15(13-22)24-11-8-20-12-19(24)26;;/h1-2,5-6,14-15,20H,3-4,7-13H2;2*1H. The molecule has 28 heavy (non-hydrogen) atoms. The van der Waals surface area contributed by atoms with Crippen LogP contribution in [0, 0.1) is 0 Å². The first-order valence-electron chi connectivity index (χ1n) is 9.40. The lowest BCUT2D eigenvalue weighted by Gasteiger charge is -2.41. The number of rotatable bonds is 4. The molecule has 0 saturated carbocycles. The number of piperazine rings is 1. The van der Waals surface area contributed by atoms with Crippen LogP contribution in [-0.4, -0.2) is 69.9 Å². The van der Waals surface area contributed by atoms with Crippen molar-refractivity contribution in [1.29, 1.82) is 0 Å². The van der Waals surface area contributed by atoms with E-state index in [0.29, 0.717) is 26.1 Å². The lowest BCUT2D eigenvalue weighted by atomic mass is 10.0. The van der Waals surface area contributed by atoms with Crippen molar-refractivity contribution in [3.63, 3.8) is 0 Å². The van der Waals surface area contributed by atoms with Crippen LogP contribution in [0.2, 0.25) is 0 Å². The minimum atomic E-state index is 0. The molecule has 154 valence electrons. The molecule has 0 radical (unpaired) electrons. The lowest BCUT2D eigenvalue weighted by molar-refractivity contribution is -0.140. The molecule has 0 bridgehead atoms. The first-order chi connectivity index (χ1) is 12.7. The Morgan fingerprint density at radius 2 is 2.04 bits per heavy atom. The monoisotopic (exact) mass is 427 g/mol. The first-order valence-corrected chi connectivity index (χ1v) is 9.40. The Bertz CT molecular complexity index is 812. The van der Waals surface area contributed by atoms with Crippen molar-refractivity contribution < 1.29 is 9.59 Å². The topological polar surface area (TPSA) is 70.5 Å². The van der Waals surface area contributed by atoms with E-state index in [1.807, 2.05) is 38.6 Å². The van der Waals surface area contributed by atoms with Crippen LogP contribution in [-0.2, 0) is 16.1 Å². The van der Waals surface area contributed by atoms with Gasteiger partial charge < -0.3 is 19.7 Å². The summed E-state index contributed by atoms with van der Waals surface area (Å²) in [7, 11) is 0. The van der Waals surface area contributed by atoms with Crippen molar-refractivity contribution in [3.8, 4) is 0 Å². The Morgan fingerprint density at radius 3 is 2.86 bits per heavy atom. The highest BCUT2D eigenvalue weighted by atomic mass is 35.5. The number of nitrogens with zero attached hydrogens (tertiary/aromatic N) is 4. The normalized spacial score (nSPS) is 19.9. The summed E-state index contributed by atoms with van der Waals surface area (Å²) >= 11 is 0. The number of halogens is 2. The van der Waals surface area contributed by atoms with Gasteiger partial charge >= 0.3 is 0 Å². The molecule has 1 aromatic carbocycles. The van der Waals surface area contributed by atoms with Crippen LogP contribution in [0.1, 0.15) is 19.3 Å². The van der Waals surface area contributed by atoms with Crippen molar-refractivity contribution in [2.75, 3.05) is 32.7 Å². The van der Waals surface area contributed by atoms with E-state index in [4.69, 9.17) is 0 Å². The van der Waals surface area contributed by atoms with Gasteiger partial charge in [0.1, 0.15) is 0 Å². The molecule has 9 heteroatoms. The van der Waals surface area contributed by atoms with Crippen LogP contribution in [0.15, 0.2) is 30.6 Å². The molecule has 2 aliphatic rings. The summed E-state index contributed by atoms with van der Waals surface area (Å²) in [5.74, 6) is 0.315. The van der Waals surface area contributed by atoms with Gasteiger partial charge in [0.2, 0.25) is 11.8 Å². The van der Waals surface area contributed by atoms with Crippen LogP contribution in [0.3, 0.4) is 0 Å². The maximum absolute atomic E-state index is 12.7. The number of carbonyl (C=O) groups is 2. The van der Waals surface area contributed by atoms with Crippen LogP contribution in [0.5, 0.6) is 0 Å². The van der Waals surface area contributed by atoms with Gasteiger partial charge in [-0.2, -0.15) is 0 Å². The number of para-hydroxylation sites is 2. The molecule has 7 nitrogen and oxygen atoms in total. The summed E-state index contributed by atoms with van der Waals surface area (Å²) in [5, 5.41) is 3.11. The van der Waals surface area contributed by atoms with Gasteiger partial charge in [0.15, 0.2) is 0 Å². The maximum Gasteiger partial charge on any atom is 0.236 e. The van der Waals surface area contributed by atoms with Crippen molar-refractivity contribution >= 4 is 47.7 Å². The number of hydrogen-bond donors (Lipinski definition) is 1. The fraction of sp³-hybridized carbons (Fsp3) is 0.526. The molecule has 4 rings (SSSR count). The molecule has 1 atom stereocenters. The Labute approximate surface area is 177 Å². The zero-order valence-corrected chi connectivity index (χ0v) is 17.4. The molecule has 1 N–H and O–H groups in total. The van der Waals surface area contributed by atoms with Gasteiger partial charge in [-0.25, -0.2) is 4.98 Å². The largest absolute Gasteiger partial charge is 0.341 e. The Hall–Kier alpha value is -1.83. The lowest BCUT2D eigenvalue weighted by Crippen LogP contribution is -2.57. The molecule has 2 fully saturated rings. The average Bonchev–Trinajstić information content (AvgIpc) is 3.10. The van der Waals surface area contributed by atoms with Gasteiger partial charge in [0, 0.05) is 45.2 Å². The number of amides is 2. The molecule has 1 aromatic heterocycles. The number of benzene rings is 1. The number of imidazole rings is 1. The first kappa shape index (κ1) is 22.5. The number of piperidine rings is 1. The number of fused-ring (bicyclic) bond motifs is 1. The molecule has 2 aliphatic heterocycles. The maximum atomic E-state index is 12.7. The Kier molecular flexibility index (Phi) is 8.10. The number of likely N-dealkylation sites (tertiary alicyclic amines) is 1. The van der Waals surface area contributed by atoms with E-state index in [1.54, 1.807) is 6.33 Å². The van der Waals surface area contributed by atoms with Crippen molar-refractivity contribution in [3.05, 3.63) is 30.6 Å². The van der Waals surface area contributed by atoms with Gasteiger partial charge in [-0.3, -0.25) is 9.59 Å². The van der Waals surface area contributed by atoms with Crippen LogP contribution >= 0.6 is 24.8 Å². The smallest absolute Gasteiger partial charge is 0.236 e. The second-order valence-corrected chi connectivity index (χ2v) is 7.08. The Balaban J connectivity index is 0.00000140. The summed E-state index contributed by atoms with van der Waals surface area (Å²) in [6.07, 6.45) is 4.21. The van der Waals surface area contributed by atoms with E-state index in [2.05, 4.69) is 10.3 Å². The molecule has 0 aliphatic carbocycles. The zero-order chi connectivity index (χ0) is 17.9. The van der Waals surface area contributed by atoms with Crippen LogP contribution in [0.4, 0.5) is 0 Å². The van der Waals surface area contributed by atoms with Crippen molar-refractivity contribution in [2.45, 2.75) is 31.8 Å². The quantitative estimate of drug-likeness (QED) is 0.805. The van der Waals surface area contributed by atoms with E-state index in [9.17, 15) is 9.59 Å². The molecule has 2 amide bonds. The molecular formula is C19H27Cl2N5O2. The fourth-order valence-corrected chi connectivity index (χ4v) is 4.01. The van der Waals surface area contributed by atoms with E-state index in [-0.39, 0.29) is 42.7 Å². The van der Waals surface area contributed by atoms with Gasteiger partial charge in [-0.1, -0.05) is 12.1 Å². The van der Waals surface area contributed by atoms with Crippen molar-refractivity contribution in [2.24, 2.45) is 0 Å². The molecular weight excluding hydrogens is 401 g/mol. The minimum Gasteiger partial charge on any atom is -0.341 e. The number of hydrogen-bond acceptors (Lipinski definition) is 4. The second-order valence-electron chi connectivity index (χ2n) is 7.08. The van der Waals surface area contributed by atoms with E-state index in [1.165, 1.54) is 0 Å². The van der Waals surface area contributed by atoms with Crippen LogP contribution < -0.4 is 5.32 Å². The van der Waals surface area contributed by atoms with Crippen LogP contribution in [0.25, 0.3) is 11.0 Å². The highest BCUT2D eigenvalue weighted by Crippen LogP contribution is 2.18. The van der Waals surface area contributed by atoms with Gasteiger partial charge in [-0.05, 0) is 25.0 Å². The molecule has 3 heterocycles. The summed E-state index contributed by atoms with van der Waals surface area (Å²) in [6, 6.07) is 8.13. The SMILES string of the molecule is Cl.Cl.O=C(CCn1cnc2ccccc21)N1CCCC(N2CCNCC2=O)C1. The highest BCUT2D eigenvalue weighted by molar-refractivity contribution is 5.85. The number of nitrogens with one attached hydrogen (secondary N) is 1. The Morgan fingerprint density at radius 1 is 1.21 bits per heavy atom. The molecule has 0 spiro atoms. The molecule has 1 unspecified atom stereocenters.